The van der Waals surface area contributed by atoms with Gasteiger partial charge in [0.15, 0.2) is 0 Å². The molecule has 26 heavy (non-hydrogen) atoms. The minimum atomic E-state index is -0.592. The summed E-state index contributed by atoms with van der Waals surface area (Å²) in [7, 11) is 0. The average molecular weight is 365 g/mol. The van der Waals surface area contributed by atoms with Gasteiger partial charge in [-0.3, -0.25) is 4.79 Å². The topological polar surface area (TPSA) is 46.5 Å². The highest BCUT2D eigenvalue weighted by Gasteiger charge is 2.61. The maximum atomic E-state index is 13.6. The molecule has 1 N–H and O–H groups in total. The van der Waals surface area contributed by atoms with E-state index in [-0.39, 0.29) is 16.8 Å². The zero-order chi connectivity index (χ0) is 19.6. The number of hydrogen-bond donors (Lipinski definition) is 1. The van der Waals surface area contributed by atoms with Gasteiger partial charge in [-0.15, -0.1) is 0 Å². The molecule has 0 saturated heterocycles. The van der Waals surface area contributed by atoms with Crippen LogP contribution in [0.15, 0.2) is 0 Å². The first-order valence-corrected chi connectivity index (χ1v) is 10.7. The third-order valence-electron chi connectivity index (χ3n) is 8.00. The van der Waals surface area contributed by atoms with Gasteiger partial charge in [-0.05, 0) is 74.5 Å². The molecule has 4 bridgehead atoms. The van der Waals surface area contributed by atoms with Gasteiger partial charge in [0, 0.05) is 6.42 Å². The fraction of sp³-hybridized carbons (Fsp3) is 0.957. The Morgan fingerprint density at radius 3 is 2.00 bits per heavy atom. The minimum absolute atomic E-state index is 0.0372. The number of rotatable bonds is 5. The predicted octanol–water partition coefficient (Wildman–Crippen LogP) is 5.49. The molecule has 4 fully saturated rings. The van der Waals surface area contributed by atoms with Crippen molar-refractivity contribution in [3.8, 4) is 0 Å². The van der Waals surface area contributed by atoms with Crippen LogP contribution in [0.25, 0.3) is 0 Å². The van der Waals surface area contributed by atoms with E-state index in [1.54, 1.807) is 0 Å². The number of carbonyl (C=O) groups excluding carboxylic acids is 1. The Hall–Kier alpha value is -0.570. The summed E-state index contributed by atoms with van der Waals surface area (Å²) >= 11 is 0. The fourth-order valence-electron chi connectivity index (χ4n) is 6.60. The first kappa shape index (κ1) is 20.2. The molecular weight excluding hydrogens is 324 g/mol. The highest BCUT2D eigenvalue weighted by atomic mass is 16.6. The van der Waals surface area contributed by atoms with Crippen molar-refractivity contribution in [2.75, 3.05) is 0 Å². The smallest absolute Gasteiger partial charge is 0.312 e. The average Bonchev–Trinajstić information content (AvgIpc) is 2.41. The van der Waals surface area contributed by atoms with E-state index < -0.39 is 16.6 Å². The van der Waals surface area contributed by atoms with Crippen molar-refractivity contribution in [3.63, 3.8) is 0 Å². The monoisotopic (exact) mass is 364 g/mol. The molecule has 3 heteroatoms. The molecule has 3 nitrogen and oxygen atoms in total. The molecule has 150 valence electrons. The normalized spacial score (nSPS) is 38.9. The first-order chi connectivity index (χ1) is 11.7. The zero-order valence-electron chi connectivity index (χ0n) is 18.1. The van der Waals surface area contributed by atoms with Crippen molar-refractivity contribution in [2.24, 2.45) is 28.1 Å². The number of ether oxygens (including phenoxy) is 1. The van der Waals surface area contributed by atoms with Gasteiger partial charge in [0.2, 0.25) is 0 Å². The van der Waals surface area contributed by atoms with Crippen molar-refractivity contribution >= 4 is 5.97 Å². The summed E-state index contributed by atoms with van der Waals surface area (Å²) in [6, 6.07) is 0. The molecule has 4 aliphatic rings. The summed E-state index contributed by atoms with van der Waals surface area (Å²) in [5.74, 6) is 1.02. The number of aliphatic hydroxyl groups is 1. The van der Waals surface area contributed by atoms with Crippen LogP contribution >= 0.6 is 0 Å². The molecule has 0 aliphatic heterocycles. The van der Waals surface area contributed by atoms with Crippen LogP contribution in [0.3, 0.4) is 0 Å². The van der Waals surface area contributed by atoms with Gasteiger partial charge in [0.25, 0.3) is 0 Å². The quantitative estimate of drug-likeness (QED) is 0.656. The molecular formula is C23H40O3. The standard InChI is InChI=1S/C23H40O3/c1-8-20(5,6)21(7,14-19(2,3)4)18(24)26-23-12-16-9-17(13-23)11-22(25,10-16)15-23/h16-17,25H,8-15H2,1-7H3. The molecule has 3 atom stereocenters. The first-order valence-electron chi connectivity index (χ1n) is 10.7. The summed E-state index contributed by atoms with van der Waals surface area (Å²) < 4.78 is 6.42. The molecule has 0 heterocycles. The van der Waals surface area contributed by atoms with Crippen molar-refractivity contribution < 1.29 is 14.6 Å². The molecule has 0 radical (unpaired) electrons. The largest absolute Gasteiger partial charge is 0.459 e. The van der Waals surface area contributed by atoms with Crippen LogP contribution < -0.4 is 0 Å². The Morgan fingerprint density at radius 2 is 1.58 bits per heavy atom. The SMILES string of the molecule is CCC(C)(C)C(C)(CC(C)(C)C)C(=O)OC12CC3CC(CC(O)(C3)C1)C2. The molecule has 0 aromatic carbocycles. The van der Waals surface area contributed by atoms with E-state index in [0.717, 1.165) is 38.5 Å². The van der Waals surface area contributed by atoms with E-state index in [0.29, 0.717) is 18.3 Å². The van der Waals surface area contributed by atoms with Crippen LogP contribution in [0.1, 0.15) is 99.8 Å². The Balaban J connectivity index is 1.86. The second-order valence-electron chi connectivity index (χ2n) is 12.1. The highest BCUT2D eigenvalue weighted by molar-refractivity contribution is 5.78. The van der Waals surface area contributed by atoms with E-state index in [2.05, 4.69) is 48.5 Å². The van der Waals surface area contributed by atoms with Crippen LogP contribution in [0.5, 0.6) is 0 Å². The molecule has 0 spiro atoms. The van der Waals surface area contributed by atoms with Crippen LogP contribution in [-0.2, 0) is 9.53 Å². The summed E-state index contributed by atoms with van der Waals surface area (Å²) in [6.07, 6.45) is 7.33. The van der Waals surface area contributed by atoms with Crippen molar-refractivity contribution in [3.05, 3.63) is 0 Å². The van der Waals surface area contributed by atoms with Crippen LogP contribution in [0.4, 0.5) is 0 Å². The number of hydrogen-bond acceptors (Lipinski definition) is 3. The number of esters is 1. The van der Waals surface area contributed by atoms with Gasteiger partial charge in [0.1, 0.15) is 5.60 Å². The summed E-state index contributed by atoms with van der Waals surface area (Å²) in [4.78, 5) is 13.6. The number of carbonyl (C=O) groups is 1. The zero-order valence-corrected chi connectivity index (χ0v) is 18.1. The van der Waals surface area contributed by atoms with Gasteiger partial charge in [-0.1, -0.05) is 41.5 Å². The molecule has 4 saturated carbocycles. The van der Waals surface area contributed by atoms with Gasteiger partial charge in [-0.2, -0.15) is 0 Å². The Labute approximate surface area is 160 Å². The van der Waals surface area contributed by atoms with Gasteiger partial charge in [-0.25, -0.2) is 0 Å². The lowest BCUT2D eigenvalue weighted by Crippen LogP contribution is -2.61. The van der Waals surface area contributed by atoms with Crippen LogP contribution in [0, 0.1) is 28.1 Å². The maximum absolute atomic E-state index is 13.6. The van der Waals surface area contributed by atoms with Gasteiger partial charge < -0.3 is 9.84 Å². The molecule has 0 aromatic heterocycles. The third kappa shape index (κ3) is 3.45. The van der Waals surface area contributed by atoms with Crippen molar-refractivity contribution in [1.82, 2.24) is 0 Å². The molecule has 4 aliphatic carbocycles. The van der Waals surface area contributed by atoms with Crippen molar-refractivity contribution in [2.45, 2.75) is 111 Å². The lowest BCUT2D eigenvalue weighted by Gasteiger charge is -2.60. The summed E-state index contributed by atoms with van der Waals surface area (Å²) in [5.41, 5.74) is -1.60. The van der Waals surface area contributed by atoms with Crippen molar-refractivity contribution in [1.29, 1.82) is 0 Å². The lowest BCUT2D eigenvalue weighted by molar-refractivity contribution is -0.231. The summed E-state index contributed by atoms with van der Waals surface area (Å²) in [6.45, 7) is 15.3. The van der Waals surface area contributed by atoms with Gasteiger partial charge >= 0.3 is 5.97 Å². The van der Waals surface area contributed by atoms with Crippen LogP contribution in [0.2, 0.25) is 0 Å². The highest BCUT2D eigenvalue weighted by Crippen LogP contribution is 2.60. The van der Waals surface area contributed by atoms with E-state index in [4.69, 9.17) is 4.74 Å². The fourth-order valence-corrected chi connectivity index (χ4v) is 6.60. The minimum Gasteiger partial charge on any atom is -0.459 e. The second-order valence-corrected chi connectivity index (χ2v) is 12.1. The third-order valence-corrected chi connectivity index (χ3v) is 8.00. The Bertz CT molecular complexity index is 556. The van der Waals surface area contributed by atoms with E-state index in [9.17, 15) is 9.90 Å². The molecule has 4 rings (SSSR count). The summed E-state index contributed by atoms with van der Waals surface area (Å²) in [5, 5.41) is 11.0. The van der Waals surface area contributed by atoms with E-state index in [1.807, 2.05) is 0 Å². The van der Waals surface area contributed by atoms with E-state index in [1.165, 1.54) is 6.42 Å². The molecule has 0 aromatic rings. The van der Waals surface area contributed by atoms with E-state index >= 15 is 0 Å². The van der Waals surface area contributed by atoms with Crippen LogP contribution in [-0.4, -0.2) is 22.3 Å². The Kier molecular flexibility index (Phi) is 4.63. The van der Waals surface area contributed by atoms with Gasteiger partial charge in [0.05, 0.1) is 11.0 Å². The molecule has 3 unspecified atom stereocenters. The predicted molar refractivity (Wildman–Crippen MR) is 105 cm³/mol. The lowest BCUT2D eigenvalue weighted by atomic mass is 9.52. The Morgan fingerprint density at radius 1 is 1.04 bits per heavy atom. The maximum Gasteiger partial charge on any atom is 0.312 e. The molecule has 0 amide bonds. The second kappa shape index (κ2) is 5.96.